The number of carbonyl (C=O) groups excluding carboxylic acids is 3. The van der Waals surface area contributed by atoms with Gasteiger partial charge in [0.15, 0.2) is 5.92 Å². The fraction of sp³-hybridized carbons (Fsp3) is 0.476. The fourth-order valence-electron chi connectivity index (χ4n) is 3.72. The molecule has 2 heterocycles. The Morgan fingerprint density at radius 2 is 1.69 bits per heavy atom. The van der Waals surface area contributed by atoms with Gasteiger partial charge in [-0.25, -0.2) is 0 Å². The second-order valence-electron chi connectivity index (χ2n) is 7.83. The summed E-state index contributed by atoms with van der Waals surface area (Å²) in [6, 6.07) is 7.01. The number of carbonyl (C=O) groups is 3. The molecule has 2 aliphatic heterocycles. The van der Waals surface area contributed by atoms with Crippen molar-refractivity contribution in [3.8, 4) is 5.75 Å². The van der Waals surface area contributed by atoms with E-state index in [1.54, 1.807) is 31.4 Å². The lowest BCUT2D eigenvalue weighted by molar-refractivity contribution is -0.163. The van der Waals surface area contributed by atoms with Gasteiger partial charge in [-0.15, -0.1) is 0 Å². The molecule has 29 heavy (non-hydrogen) atoms. The highest BCUT2D eigenvalue weighted by molar-refractivity contribution is 6.08. The molecule has 0 spiro atoms. The van der Waals surface area contributed by atoms with Gasteiger partial charge >= 0.3 is 11.9 Å². The van der Waals surface area contributed by atoms with E-state index in [1.807, 2.05) is 13.8 Å². The first kappa shape index (κ1) is 20.7. The minimum Gasteiger partial charge on any atom is -0.497 e. The van der Waals surface area contributed by atoms with E-state index in [2.05, 4.69) is 0 Å². The van der Waals surface area contributed by atoms with Crippen LogP contribution in [0.3, 0.4) is 0 Å². The molecule has 8 nitrogen and oxygen atoms in total. The zero-order valence-corrected chi connectivity index (χ0v) is 17.2. The average molecular weight is 403 g/mol. The van der Waals surface area contributed by atoms with Crippen LogP contribution >= 0.6 is 0 Å². The third-order valence-electron chi connectivity index (χ3n) is 5.15. The first-order valence-corrected chi connectivity index (χ1v) is 9.22. The number of fused-ring (bicyclic) bond motifs is 1. The molecule has 8 heteroatoms. The molecular formula is C21H25NO7. The van der Waals surface area contributed by atoms with Crippen LogP contribution in [-0.2, 0) is 28.6 Å². The van der Waals surface area contributed by atoms with Gasteiger partial charge in [-0.3, -0.25) is 19.3 Å². The third-order valence-corrected chi connectivity index (χ3v) is 5.15. The quantitative estimate of drug-likeness (QED) is 0.547. The number of amides is 1. The van der Waals surface area contributed by atoms with Gasteiger partial charge in [0.05, 0.1) is 33.9 Å². The SMILES string of the molecule is COC(=O)C(C(=O)OC)C1C(=O)N2CC(C)(C)COC2=C1c1ccc(OC)cc1. The van der Waals surface area contributed by atoms with Crippen molar-refractivity contribution in [1.82, 2.24) is 4.90 Å². The molecule has 0 aromatic heterocycles. The van der Waals surface area contributed by atoms with E-state index in [-0.39, 0.29) is 11.3 Å². The Morgan fingerprint density at radius 1 is 1.10 bits per heavy atom. The number of methoxy groups -OCH3 is 3. The van der Waals surface area contributed by atoms with Crippen LogP contribution in [0, 0.1) is 17.3 Å². The van der Waals surface area contributed by atoms with Crippen molar-refractivity contribution >= 4 is 23.4 Å². The van der Waals surface area contributed by atoms with Crippen molar-refractivity contribution in [2.75, 3.05) is 34.5 Å². The average Bonchev–Trinajstić information content (AvgIpc) is 2.98. The Hall–Kier alpha value is -3.03. The maximum absolute atomic E-state index is 13.4. The normalized spacial score (nSPS) is 20.3. The van der Waals surface area contributed by atoms with Crippen molar-refractivity contribution in [2.24, 2.45) is 17.3 Å². The molecule has 2 aliphatic rings. The third kappa shape index (κ3) is 3.66. The molecule has 1 aromatic carbocycles. The van der Waals surface area contributed by atoms with Gasteiger partial charge in [0.25, 0.3) is 0 Å². The maximum atomic E-state index is 13.4. The van der Waals surface area contributed by atoms with E-state index in [0.29, 0.717) is 35.9 Å². The van der Waals surface area contributed by atoms with E-state index in [0.717, 1.165) is 0 Å². The summed E-state index contributed by atoms with van der Waals surface area (Å²) in [4.78, 5) is 39.8. The van der Waals surface area contributed by atoms with Crippen molar-refractivity contribution in [3.63, 3.8) is 0 Å². The first-order chi connectivity index (χ1) is 13.7. The summed E-state index contributed by atoms with van der Waals surface area (Å²) in [6.07, 6.45) is 0. The Bertz CT molecular complexity index is 840. The smallest absolute Gasteiger partial charge is 0.321 e. The number of benzene rings is 1. The highest BCUT2D eigenvalue weighted by atomic mass is 16.5. The van der Waals surface area contributed by atoms with Gasteiger partial charge in [-0.1, -0.05) is 26.0 Å². The lowest BCUT2D eigenvalue weighted by atomic mass is 9.83. The summed E-state index contributed by atoms with van der Waals surface area (Å²) in [5, 5.41) is 0. The van der Waals surface area contributed by atoms with Crippen LogP contribution in [0.1, 0.15) is 19.4 Å². The molecule has 0 N–H and O–H groups in total. The maximum Gasteiger partial charge on any atom is 0.321 e. The summed E-state index contributed by atoms with van der Waals surface area (Å²) in [5.74, 6) is -3.59. The monoisotopic (exact) mass is 403 g/mol. The standard InChI is InChI=1S/C21H25NO7/c1-21(2)10-22-17(23)15(16(19(24)27-4)20(25)28-5)14(18(22)29-11-21)12-6-8-13(26-3)9-7-12/h6-9,15-16H,10-11H2,1-5H3. The topological polar surface area (TPSA) is 91.4 Å². The van der Waals surface area contributed by atoms with E-state index in [9.17, 15) is 14.4 Å². The molecular weight excluding hydrogens is 378 g/mol. The number of esters is 2. The van der Waals surface area contributed by atoms with Crippen LogP contribution in [0.15, 0.2) is 30.1 Å². The summed E-state index contributed by atoms with van der Waals surface area (Å²) in [6.45, 7) is 4.77. The molecule has 0 aliphatic carbocycles. The van der Waals surface area contributed by atoms with Crippen molar-refractivity contribution < 1.29 is 33.3 Å². The van der Waals surface area contributed by atoms with Gasteiger partial charge in [-0.05, 0) is 17.7 Å². The Kier molecular flexibility index (Phi) is 5.55. The lowest BCUT2D eigenvalue weighted by Gasteiger charge is -2.37. The predicted octanol–water partition coefficient (Wildman–Crippen LogP) is 1.84. The lowest BCUT2D eigenvalue weighted by Crippen LogP contribution is -2.46. The minimum absolute atomic E-state index is 0.273. The fourth-order valence-corrected chi connectivity index (χ4v) is 3.72. The van der Waals surface area contributed by atoms with Crippen molar-refractivity contribution in [1.29, 1.82) is 0 Å². The van der Waals surface area contributed by atoms with E-state index in [1.165, 1.54) is 19.1 Å². The predicted molar refractivity (Wildman–Crippen MR) is 102 cm³/mol. The van der Waals surface area contributed by atoms with Crippen LogP contribution in [-0.4, -0.2) is 57.2 Å². The zero-order chi connectivity index (χ0) is 21.3. The number of nitrogens with zero attached hydrogens (tertiary/aromatic N) is 1. The van der Waals surface area contributed by atoms with Gasteiger partial charge in [0, 0.05) is 17.5 Å². The Morgan fingerprint density at radius 3 is 2.21 bits per heavy atom. The zero-order valence-electron chi connectivity index (χ0n) is 17.2. The van der Waals surface area contributed by atoms with E-state index in [4.69, 9.17) is 18.9 Å². The molecule has 0 radical (unpaired) electrons. The molecule has 1 fully saturated rings. The van der Waals surface area contributed by atoms with Crippen LogP contribution in [0.25, 0.3) is 5.57 Å². The summed E-state index contributed by atoms with van der Waals surface area (Å²) < 4.78 is 20.8. The van der Waals surface area contributed by atoms with Gasteiger partial charge < -0.3 is 18.9 Å². The number of hydrogen-bond acceptors (Lipinski definition) is 7. The van der Waals surface area contributed by atoms with E-state index < -0.39 is 23.8 Å². The second kappa shape index (κ2) is 7.77. The van der Waals surface area contributed by atoms with Crippen LogP contribution in [0.2, 0.25) is 0 Å². The Labute approximate surface area is 169 Å². The van der Waals surface area contributed by atoms with Gasteiger partial charge in [0.1, 0.15) is 5.75 Å². The molecule has 0 saturated carbocycles. The Balaban J connectivity index is 2.16. The molecule has 1 aromatic rings. The summed E-state index contributed by atoms with van der Waals surface area (Å²) in [5.41, 5.74) is 0.846. The molecule has 1 atom stereocenters. The minimum atomic E-state index is -1.43. The summed E-state index contributed by atoms with van der Waals surface area (Å²) in [7, 11) is 3.90. The van der Waals surface area contributed by atoms with Crippen molar-refractivity contribution in [2.45, 2.75) is 13.8 Å². The number of hydrogen-bond donors (Lipinski definition) is 0. The first-order valence-electron chi connectivity index (χ1n) is 9.22. The van der Waals surface area contributed by atoms with Crippen LogP contribution in [0.5, 0.6) is 5.75 Å². The number of rotatable bonds is 5. The second-order valence-corrected chi connectivity index (χ2v) is 7.83. The highest BCUT2D eigenvalue weighted by Gasteiger charge is 2.54. The number of ether oxygens (including phenoxy) is 4. The molecule has 0 bridgehead atoms. The molecule has 156 valence electrons. The van der Waals surface area contributed by atoms with Gasteiger partial charge in [-0.2, -0.15) is 0 Å². The molecule has 3 rings (SSSR count). The molecule has 1 unspecified atom stereocenters. The van der Waals surface area contributed by atoms with E-state index >= 15 is 0 Å². The van der Waals surface area contributed by atoms with Crippen LogP contribution in [0.4, 0.5) is 0 Å². The van der Waals surface area contributed by atoms with Crippen LogP contribution < -0.4 is 4.74 Å². The largest absolute Gasteiger partial charge is 0.497 e. The summed E-state index contributed by atoms with van der Waals surface area (Å²) >= 11 is 0. The van der Waals surface area contributed by atoms with Crippen molar-refractivity contribution in [3.05, 3.63) is 35.7 Å². The molecule has 1 saturated heterocycles. The highest BCUT2D eigenvalue weighted by Crippen LogP contribution is 2.46. The molecule has 1 amide bonds. The van der Waals surface area contributed by atoms with Gasteiger partial charge in [0.2, 0.25) is 11.8 Å².